The Morgan fingerprint density at radius 1 is 1.08 bits per heavy atom. The molecular weight excluding hydrogens is 324 g/mol. The summed E-state index contributed by atoms with van der Waals surface area (Å²) in [6.07, 6.45) is 5.88. The van der Waals surface area contributed by atoms with E-state index in [4.69, 9.17) is 5.11 Å². The second-order valence-corrected chi connectivity index (χ2v) is 8.05. The summed E-state index contributed by atoms with van der Waals surface area (Å²) in [7, 11) is 0. The minimum absolute atomic E-state index is 0.103. The van der Waals surface area contributed by atoms with Crippen molar-refractivity contribution in [2.24, 2.45) is 11.8 Å². The van der Waals surface area contributed by atoms with E-state index >= 15 is 0 Å². The van der Waals surface area contributed by atoms with E-state index in [2.05, 4.69) is 33.8 Å². The molecule has 4 heteroatoms. The predicted octanol–water partition coefficient (Wildman–Crippen LogP) is 2.25. The third-order valence-electron chi connectivity index (χ3n) is 6.24. The molecule has 0 radical (unpaired) electrons. The van der Waals surface area contributed by atoms with Gasteiger partial charge in [0.2, 0.25) is 5.91 Å². The minimum Gasteiger partial charge on any atom is -0.384 e. The Hall–Kier alpha value is -1.83. The number of aliphatic hydroxyl groups is 1. The summed E-state index contributed by atoms with van der Waals surface area (Å²) in [5.41, 5.74) is 2.24. The van der Waals surface area contributed by atoms with Crippen molar-refractivity contribution in [2.75, 3.05) is 26.2 Å². The molecule has 2 bridgehead atoms. The van der Waals surface area contributed by atoms with Crippen LogP contribution in [0.25, 0.3) is 0 Å². The molecular formula is C22H28N2O2. The lowest BCUT2D eigenvalue weighted by Gasteiger charge is -2.36. The Bertz CT molecular complexity index is 699. The average Bonchev–Trinajstić information content (AvgIpc) is 2.91. The molecule has 1 N–H and O–H groups in total. The molecule has 1 aromatic rings. The van der Waals surface area contributed by atoms with Gasteiger partial charge in [0.25, 0.3) is 0 Å². The number of aliphatic hydroxyl groups excluding tert-OH is 1. The van der Waals surface area contributed by atoms with Crippen LogP contribution in [0.3, 0.4) is 0 Å². The number of carbonyl (C=O) groups excluding carboxylic acids is 1. The highest BCUT2D eigenvalue weighted by Crippen LogP contribution is 2.33. The maximum atomic E-state index is 12.7. The average molecular weight is 352 g/mol. The zero-order valence-corrected chi connectivity index (χ0v) is 15.4. The Labute approximate surface area is 156 Å². The molecule has 4 aliphatic rings. The Morgan fingerprint density at radius 3 is 2.58 bits per heavy atom. The van der Waals surface area contributed by atoms with Crippen LogP contribution in [0, 0.1) is 23.7 Å². The largest absolute Gasteiger partial charge is 0.384 e. The van der Waals surface area contributed by atoms with Gasteiger partial charge in [-0.1, -0.05) is 30.4 Å². The van der Waals surface area contributed by atoms with Crippen molar-refractivity contribution in [3.05, 3.63) is 35.4 Å². The van der Waals surface area contributed by atoms with E-state index in [1.54, 1.807) is 0 Å². The van der Waals surface area contributed by atoms with Gasteiger partial charge < -0.3 is 10.0 Å². The van der Waals surface area contributed by atoms with Crippen LogP contribution in [-0.2, 0) is 11.3 Å². The first kappa shape index (κ1) is 17.6. The minimum atomic E-state index is -0.103. The van der Waals surface area contributed by atoms with E-state index < -0.39 is 0 Å². The number of rotatable bonds is 3. The molecule has 3 aliphatic heterocycles. The number of amides is 1. The molecule has 26 heavy (non-hydrogen) atoms. The molecule has 138 valence electrons. The Kier molecular flexibility index (Phi) is 5.28. The van der Waals surface area contributed by atoms with Crippen molar-refractivity contribution >= 4 is 5.91 Å². The summed E-state index contributed by atoms with van der Waals surface area (Å²) in [6, 6.07) is 8.82. The van der Waals surface area contributed by atoms with Crippen LogP contribution < -0.4 is 0 Å². The molecule has 0 spiro atoms. The van der Waals surface area contributed by atoms with Crippen LogP contribution in [0.4, 0.5) is 0 Å². The zero-order valence-electron chi connectivity index (χ0n) is 15.4. The lowest BCUT2D eigenvalue weighted by atomic mass is 9.84. The summed E-state index contributed by atoms with van der Waals surface area (Å²) >= 11 is 0. The normalized spacial score (nSPS) is 26.0. The van der Waals surface area contributed by atoms with Gasteiger partial charge in [-0.3, -0.25) is 9.69 Å². The van der Waals surface area contributed by atoms with E-state index in [1.165, 1.54) is 24.8 Å². The third kappa shape index (κ3) is 3.79. The maximum absolute atomic E-state index is 12.7. The van der Waals surface area contributed by atoms with Gasteiger partial charge >= 0.3 is 0 Å². The molecule has 4 nitrogen and oxygen atoms in total. The first-order valence-corrected chi connectivity index (χ1v) is 9.94. The number of fused-ring (bicyclic) bond motifs is 4. The molecule has 1 aromatic carbocycles. The summed E-state index contributed by atoms with van der Waals surface area (Å²) in [5, 5.41) is 8.79. The van der Waals surface area contributed by atoms with Gasteiger partial charge in [0.15, 0.2) is 0 Å². The molecule has 0 unspecified atom stereocenters. The number of carbonyl (C=O) groups is 1. The van der Waals surface area contributed by atoms with Gasteiger partial charge in [-0.05, 0) is 49.3 Å². The van der Waals surface area contributed by atoms with Crippen molar-refractivity contribution < 1.29 is 9.90 Å². The van der Waals surface area contributed by atoms with Crippen molar-refractivity contribution in [1.82, 2.24) is 9.80 Å². The second kappa shape index (κ2) is 7.82. The van der Waals surface area contributed by atoms with Crippen LogP contribution in [0.2, 0.25) is 0 Å². The highest BCUT2D eigenvalue weighted by Gasteiger charge is 2.38. The fourth-order valence-electron chi connectivity index (χ4n) is 4.54. The second-order valence-electron chi connectivity index (χ2n) is 8.05. The lowest BCUT2D eigenvalue weighted by molar-refractivity contribution is -0.138. The van der Waals surface area contributed by atoms with Crippen LogP contribution in [-0.4, -0.2) is 53.1 Å². The van der Waals surface area contributed by atoms with E-state index in [9.17, 15) is 4.79 Å². The van der Waals surface area contributed by atoms with E-state index in [-0.39, 0.29) is 6.61 Å². The first-order valence-electron chi connectivity index (χ1n) is 9.94. The molecule has 1 saturated carbocycles. The predicted molar refractivity (Wildman–Crippen MR) is 101 cm³/mol. The smallest absolute Gasteiger partial charge is 0.225 e. The number of benzene rings is 1. The van der Waals surface area contributed by atoms with Gasteiger partial charge in [0.1, 0.15) is 6.61 Å². The molecule has 3 heterocycles. The Balaban J connectivity index is 1.41. The topological polar surface area (TPSA) is 43.8 Å². The standard InChI is InChI=1S/C22H28N2O2/c25-12-2-3-17-6-8-18(9-7-17)13-23-14-19-10-11-21(23)16-24(15-19)22(26)20-4-1-5-20/h6-9,19-21,25H,1,4-5,10-16H2/t19-,21-/m0/s1. The number of piperidine rings is 1. The highest BCUT2D eigenvalue weighted by molar-refractivity contribution is 5.79. The monoisotopic (exact) mass is 352 g/mol. The van der Waals surface area contributed by atoms with E-state index in [1.807, 2.05) is 12.1 Å². The summed E-state index contributed by atoms with van der Waals surface area (Å²) in [4.78, 5) is 17.5. The molecule has 5 rings (SSSR count). The van der Waals surface area contributed by atoms with Crippen LogP contribution in [0.1, 0.15) is 43.2 Å². The molecule has 4 fully saturated rings. The summed E-state index contributed by atoms with van der Waals surface area (Å²) < 4.78 is 0. The zero-order chi connectivity index (χ0) is 17.9. The quantitative estimate of drug-likeness (QED) is 0.849. The summed E-state index contributed by atoms with van der Waals surface area (Å²) in [6.45, 7) is 3.81. The van der Waals surface area contributed by atoms with Crippen molar-refractivity contribution in [3.63, 3.8) is 0 Å². The molecule has 1 aliphatic carbocycles. The van der Waals surface area contributed by atoms with Gasteiger partial charge in [0.05, 0.1) is 0 Å². The number of hydrogen-bond acceptors (Lipinski definition) is 3. The first-order chi connectivity index (χ1) is 12.7. The molecule has 0 aromatic heterocycles. The van der Waals surface area contributed by atoms with Crippen LogP contribution in [0.15, 0.2) is 24.3 Å². The summed E-state index contributed by atoms with van der Waals surface area (Å²) in [5.74, 6) is 6.98. The number of hydrogen-bond donors (Lipinski definition) is 1. The maximum Gasteiger partial charge on any atom is 0.225 e. The fraction of sp³-hybridized carbons (Fsp3) is 0.591. The van der Waals surface area contributed by atoms with Gasteiger partial charge in [-0.15, -0.1) is 0 Å². The number of nitrogens with zero attached hydrogens (tertiary/aromatic N) is 2. The van der Waals surface area contributed by atoms with Gasteiger partial charge in [-0.2, -0.15) is 0 Å². The fourth-order valence-corrected chi connectivity index (χ4v) is 4.54. The van der Waals surface area contributed by atoms with Crippen molar-refractivity contribution in [1.29, 1.82) is 0 Å². The lowest BCUT2D eigenvalue weighted by Crippen LogP contribution is -2.45. The van der Waals surface area contributed by atoms with Gasteiger partial charge in [-0.25, -0.2) is 0 Å². The highest BCUT2D eigenvalue weighted by atomic mass is 16.2. The van der Waals surface area contributed by atoms with Crippen LogP contribution in [0.5, 0.6) is 0 Å². The van der Waals surface area contributed by atoms with Crippen molar-refractivity contribution in [2.45, 2.75) is 44.7 Å². The third-order valence-corrected chi connectivity index (χ3v) is 6.24. The van der Waals surface area contributed by atoms with Crippen LogP contribution >= 0.6 is 0 Å². The molecule has 3 saturated heterocycles. The van der Waals surface area contributed by atoms with Crippen molar-refractivity contribution in [3.8, 4) is 11.8 Å². The van der Waals surface area contributed by atoms with E-state index in [0.717, 1.165) is 44.6 Å². The molecule has 2 atom stereocenters. The SMILES string of the molecule is O=C(C1CCC1)N1C[C@H]2CC[C@@H](C1)N(Cc1ccc(C#CCO)cc1)C2. The Morgan fingerprint density at radius 2 is 1.88 bits per heavy atom. The molecule has 1 amide bonds. The van der Waals surface area contributed by atoms with Gasteiger partial charge in [0, 0.05) is 43.7 Å². The van der Waals surface area contributed by atoms with E-state index in [0.29, 0.717) is 23.8 Å².